The molecule has 0 aliphatic carbocycles. The number of hydrogen-bond acceptors (Lipinski definition) is 5. The van der Waals surface area contributed by atoms with Crippen molar-refractivity contribution in [3.63, 3.8) is 0 Å². The van der Waals surface area contributed by atoms with Gasteiger partial charge in [-0.2, -0.15) is 0 Å². The number of nitro benzene ring substituents is 1. The number of rotatable bonds is 8. The van der Waals surface area contributed by atoms with E-state index in [1.807, 2.05) is 0 Å². The maximum atomic E-state index is 10.9. The molecule has 0 aliphatic heterocycles. The van der Waals surface area contributed by atoms with Gasteiger partial charge in [-0.05, 0) is 24.6 Å². The first-order valence-corrected chi connectivity index (χ1v) is 6.00. The van der Waals surface area contributed by atoms with Gasteiger partial charge >= 0.3 is 5.97 Å². The number of carbonyl (C=O) groups excluding carboxylic acids is 1. The predicted octanol–water partition coefficient (Wildman–Crippen LogP) is 1.34. The molecule has 1 aromatic rings. The summed E-state index contributed by atoms with van der Waals surface area (Å²) in [4.78, 5) is 31.3. The molecule has 1 aromatic carbocycles. The number of nitrogens with two attached hydrogens (primary N) is 1. The van der Waals surface area contributed by atoms with E-state index in [2.05, 4.69) is 0 Å². The van der Waals surface area contributed by atoms with E-state index in [1.165, 1.54) is 24.3 Å². The van der Waals surface area contributed by atoms with Crippen LogP contribution < -0.4 is 10.5 Å². The highest BCUT2D eigenvalue weighted by molar-refractivity contribution is 5.91. The highest BCUT2D eigenvalue weighted by Crippen LogP contribution is 2.25. The van der Waals surface area contributed by atoms with Crippen LogP contribution in [0.15, 0.2) is 24.3 Å². The molecule has 0 radical (unpaired) electrons. The molecule has 112 valence electrons. The minimum absolute atomic E-state index is 0.0264. The molecule has 1 amide bonds. The number of carbonyl (C=O) groups is 2. The van der Waals surface area contributed by atoms with Gasteiger partial charge in [0, 0.05) is 18.6 Å². The lowest BCUT2D eigenvalue weighted by Crippen LogP contribution is -2.05. The van der Waals surface area contributed by atoms with Crippen molar-refractivity contribution in [1.82, 2.24) is 0 Å². The molecule has 3 N–H and O–H groups in total. The van der Waals surface area contributed by atoms with Crippen LogP contribution in [0.1, 0.15) is 18.4 Å². The van der Waals surface area contributed by atoms with Crippen LogP contribution >= 0.6 is 0 Å². The fourth-order valence-corrected chi connectivity index (χ4v) is 1.51. The summed E-state index contributed by atoms with van der Waals surface area (Å²) in [7, 11) is 0. The second-order valence-corrected chi connectivity index (χ2v) is 4.06. The smallest absolute Gasteiger partial charge is 0.303 e. The molecule has 0 spiro atoms. The first kappa shape index (κ1) is 16.2. The van der Waals surface area contributed by atoms with Gasteiger partial charge in [0.05, 0.1) is 17.1 Å². The fourth-order valence-electron chi connectivity index (χ4n) is 1.51. The zero-order valence-corrected chi connectivity index (χ0v) is 11.0. The number of ether oxygens (including phenoxy) is 1. The lowest BCUT2D eigenvalue weighted by atomic mass is 10.1. The Morgan fingerprint density at radius 2 is 2.14 bits per heavy atom. The topological polar surface area (TPSA) is 133 Å². The number of benzene rings is 1. The molecular formula is C13H14N2O6. The van der Waals surface area contributed by atoms with Crippen molar-refractivity contribution >= 4 is 23.6 Å². The fraction of sp³-hybridized carbons (Fsp3) is 0.231. The Bertz CT molecular complexity index is 582. The van der Waals surface area contributed by atoms with Gasteiger partial charge in [-0.25, -0.2) is 0 Å². The Morgan fingerprint density at radius 3 is 2.71 bits per heavy atom. The molecule has 0 fully saturated rings. The Hall–Kier alpha value is -2.90. The van der Waals surface area contributed by atoms with Crippen molar-refractivity contribution in [3.05, 3.63) is 40.0 Å². The third-order valence-corrected chi connectivity index (χ3v) is 2.43. The average molecular weight is 294 g/mol. The Kier molecular flexibility index (Phi) is 5.87. The van der Waals surface area contributed by atoms with Gasteiger partial charge in [0.15, 0.2) is 0 Å². The second-order valence-electron chi connectivity index (χ2n) is 4.06. The van der Waals surface area contributed by atoms with Gasteiger partial charge < -0.3 is 15.6 Å². The van der Waals surface area contributed by atoms with Crippen LogP contribution in [-0.2, 0) is 9.59 Å². The molecule has 0 atom stereocenters. The van der Waals surface area contributed by atoms with Crippen molar-refractivity contribution in [1.29, 1.82) is 0 Å². The van der Waals surface area contributed by atoms with E-state index in [-0.39, 0.29) is 24.3 Å². The SMILES string of the molecule is NC(=O)/C=C\c1cc(OCCCC(=O)O)ccc1[N+](=O)[O-]. The van der Waals surface area contributed by atoms with Crippen LogP contribution in [0.3, 0.4) is 0 Å². The summed E-state index contributed by atoms with van der Waals surface area (Å²) >= 11 is 0. The molecular weight excluding hydrogens is 280 g/mol. The Morgan fingerprint density at radius 1 is 1.43 bits per heavy atom. The van der Waals surface area contributed by atoms with Gasteiger partial charge in [-0.3, -0.25) is 19.7 Å². The summed E-state index contributed by atoms with van der Waals surface area (Å²) in [5, 5.41) is 19.4. The maximum Gasteiger partial charge on any atom is 0.303 e. The number of primary amides is 1. The second kappa shape index (κ2) is 7.63. The quantitative estimate of drug-likeness (QED) is 0.321. The molecule has 8 nitrogen and oxygen atoms in total. The van der Waals surface area contributed by atoms with Gasteiger partial charge in [0.1, 0.15) is 5.75 Å². The monoisotopic (exact) mass is 294 g/mol. The lowest BCUT2D eigenvalue weighted by molar-refractivity contribution is -0.385. The average Bonchev–Trinajstić information content (AvgIpc) is 2.41. The minimum atomic E-state index is -0.924. The van der Waals surface area contributed by atoms with Crippen molar-refractivity contribution in [3.8, 4) is 5.75 Å². The number of hydrogen-bond donors (Lipinski definition) is 2. The van der Waals surface area contributed by atoms with E-state index in [0.717, 1.165) is 6.08 Å². The molecule has 0 heterocycles. The van der Waals surface area contributed by atoms with Crippen molar-refractivity contribution < 1.29 is 24.4 Å². The van der Waals surface area contributed by atoms with Crippen LogP contribution in [0.25, 0.3) is 6.08 Å². The summed E-state index contributed by atoms with van der Waals surface area (Å²) in [5.74, 6) is -1.31. The predicted molar refractivity (Wildman–Crippen MR) is 73.7 cm³/mol. The van der Waals surface area contributed by atoms with Gasteiger partial charge in [-0.15, -0.1) is 0 Å². The van der Waals surface area contributed by atoms with E-state index in [0.29, 0.717) is 12.2 Å². The highest BCUT2D eigenvalue weighted by Gasteiger charge is 2.12. The Balaban J connectivity index is 2.83. The number of amides is 1. The van der Waals surface area contributed by atoms with Gasteiger partial charge in [0.2, 0.25) is 5.91 Å². The first-order valence-electron chi connectivity index (χ1n) is 6.00. The van der Waals surface area contributed by atoms with Crippen LogP contribution in [0.5, 0.6) is 5.75 Å². The first-order chi connectivity index (χ1) is 9.90. The van der Waals surface area contributed by atoms with E-state index in [9.17, 15) is 19.7 Å². The number of carboxylic acids is 1. The maximum absolute atomic E-state index is 10.9. The summed E-state index contributed by atoms with van der Waals surface area (Å²) in [6.45, 7) is 0.170. The van der Waals surface area contributed by atoms with Crippen molar-refractivity contribution in [2.75, 3.05) is 6.61 Å². The summed E-state index contributed by atoms with van der Waals surface area (Å²) in [5.41, 5.74) is 4.93. The summed E-state index contributed by atoms with van der Waals surface area (Å²) in [6, 6.07) is 4.03. The van der Waals surface area contributed by atoms with Crippen LogP contribution in [0, 0.1) is 10.1 Å². The van der Waals surface area contributed by atoms with E-state index < -0.39 is 16.8 Å². The molecule has 0 unspecified atom stereocenters. The number of aliphatic carboxylic acids is 1. The molecule has 0 saturated heterocycles. The van der Waals surface area contributed by atoms with Gasteiger partial charge in [0.25, 0.3) is 5.69 Å². The van der Waals surface area contributed by atoms with E-state index in [1.54, 1.807) is 0 Å². The zero-order chi connectivity index (χ0) is 15.8. The van der Waals surface area contributed by atoms with Gasteiger partial charge in [-0.1, -0.05) is 0 Å². The number of nitrogens with zero attached hydrogens (tertiary/aromatic N) is 1. The molecule has 0 saturated carbocycles. The molecule has 0 aromatic heterocycles. The third kappa shape index (κ3) is 5.72. The highest BCUT2D eigenvalue weighted by atomic mass is 16.6. The summed E-state index contributed by atoms with van der Waals surface area (Å²) < 4.78 is 5.30. The minimum Gasteiger partial charge on any atom is -0.494 e. The zero-order valence-electron chi connectivity index (χ0n) is 11.0. The normalized spacial score (nSPS) is 10.5. The van der Waals surface area contributed by atoms with E-state index in [4.69, 9.17) is 15.6 Å². The van der Waals surface area contributed by atoms with Crippen LogP contribution in [-0.4, -0.2) is 28.5 Å². The van der Waals surface area contributed by atoms with Crippen molar-refractivity contribution in [2.45, 2.75) is 12.8 Å². The summed E-state index contributed by atoms with van der Waals surface area (Å²) in [6.07, 6.45) is 2.53. The molecule has 0 aliphatic rings. The molecule has 8 heteroatoms. The number of nitro groups is 1. The van der Waals surface area contributed by atoms with Crippen LogP contribution in [0.2, 0.25) is 0 Å². The number of carboxylic acid groups (broad SMARTS) is 1. The molecule has 21 heavy (non-hydrogen) atoms. The lowest BCUT2D eigenvalue weighted by Gasteiger charge is -2.06. The molecule has 0 bridgehead atoms. The van der Waals surface area contributed by atoms with Crippen LogP contribution in [0.4, 0.5) is 5.69 Å². The standard InChI is InChI=1S/C13H14N2O6/c14-12(16)6-3-9-8-10(4-5-11(9)15(19)20)21-7-1-2-13(17)18/h3-6,8H,1-2,7H2,(H2,14,16)(H,17,18)/b6-3-. The molecule has 1 rings (SSSR count). The Labute approximate surface area is 120 Å². The largest absolute Gasteiger partial charge is 0.494 e. The van der Waals surface area contributed by atoms with E-state index >= 15 is 0 Å². The third-order valence-electron chi connectivity index (χ3n) is 2.43. The van der Waals surface area contributed by atoms with Crippen molar-refractivity contribution in [2.24, 2.45) is 5.73 Å².